The lowest BCUT2D eigenvalue weighted by Gasteiger charge is -2.29. The van der Waals surface area contributed by atoms with Gasteiger partial charge in [0, 0.05) is 25.7 Å². The van der Waals surface area contributed by atoms with Crippen molar-refractivity contribution in [3.8, 4) is 0 Å². The predicted molar refractivity (Wildman–Crippen MR) is 66.7 cm³/mol. The Morgan fingerprint density at radius 1 is 1.25 bits per heavy atom. The molecule has 1 N–H and O–H groups in total. The second-order valence-corrected chi connectivity index (χ2v) is 5.31. The Hall–Kier alpha value is -0.120. The van der Waals surface area contributed by atoms with E-state index >= 15 is 0 Å². The van der Waals surface area contributed by atoms with Gasteiger partial charge in [-0.1, -0.05) is 6.42 Å². The fraction of sp³-hybridized carbons (Fsp3) is 1.00. The molecule has 0 radical (unpaired) electrons. The molecule has 2 heterocycles. The maximum atomic E-state index is 5.62. The monoisotopic (exact) mass is 226 g/mol. The van der Waals surface area contributed by atoms with Gasteiger partial charge in [0.05, 0.1) is 6.10 Å². The first kappa shape index (κ1) is 12.3. The van der Waals surface area contributed by atoms with Crippen molar-refractivity contribution in [2.75, 3.05) is 32.8 Å². The smallest absolute Gasteiger partial charge is 0.0700 e. The molecule has 1 unspecified atom stereocenters. The van der Waals surface area contributed by atoms with Crippen LogP contribution in [0.25, 0.3) is 0 Å². The van der Waals surface area contributed by atoms with Crippen LogP contribution in [0.1, 0.15) is 39.0 Å². The van der Waals surface area contributed by atoms with E-state index in [4.69, 9.17) is 4.74 Å². The van der Waals surface area contributed by atoms with Gasteiger partial charge in [0.2, 0.25) is 0 Å². The Kier molecular flexibility index (Phi) is 5.07. The van der Waals surface area contributed by atoms with Crippen molar-refractivity contribution in [1.82, 2.24) is 10.2 Å². The van der Waals surface area contributed by atoms with Crippen molar-refractivity contribution in [2.24, 2.45) is 0 Å². The van der Waals surface area contributed by atoms with E-state index in [0.717, 1.165) is 13.2 Å². The number of hydrogen-bond donors (Lipinski definition) is 1. The van der Waals surface area contributed by atoms with E-state index in [2.05, 4.69) is 17.1 Å². The Morgan fingerprint density at radius 2 is 2.06 bits per heavy atom. The number of hydrogen-bond acceptors (Lipinski definition) is 3. The molecule has 16 heavy (non-hydrogen) atoms. The van der Waals surface area contributed by atoms with Crippen molar-refractivity contribution >= 4 is 0 Å². The third-order valence-electron chi connectivity index (χ3n) is 3.70. The third kappa shape index (κ3) is 4.04. The molecule has 94 valence electrons. The molecule has 0 aromatic rings. The second-order valence-electron chi connectivity index (χ2n) is 5.31. The van der Waals surface area contributed by atoms with Gasteiger partial charge in [-0.2, -0.15) is 0 Å². The van der Waals surface area contributed by atoms with Crippen LogP contribution in [0.3, 0.4) is 0 Å². The molecule has 0 aromatic carbocycles. The van der Waals surface area contributed by atoms with Gasteiger partial charge < -0.3 is 15.0 Å². The average molecular weight is 226 g/mol. The molecule has 0 bridgehead atoms. The summed E-state index contributed by atoms with van der Waals surface area (Å²) in [4.78, 5) is 2.59. The summed E-state index contributed by atoms with van der Waals surface area (Å²) in [6, 6.07) is 0.599. The zero-order valence-electron chi connectivity index (χ0n) is 10.6. The Labute approximate surface area is 99.5 Å². The van der Waals surface area contributed by atoms with Gasteiger partial charge in [0.1, 0.15) is 0 Å². The molecule has 0 aromatic heterocycles. The largest absolute Gasteiger partial charge is 0.377 e. The van der Waals surface area contributed by atoms with Gasteiger partial charge in [0.15, 0.2) is 0 Å². The van der Waals surface area contributed by atoms with Crippen molar-refractivity contribution < 1.29 is 4.74 Å². The van der Waals surface area contributed by atoms with E-state index in [1.807, 2.05) is 0 Å². The van der Waals surface area contributed by atoms with Crippen molar-refractivity contribution in [3.63, 3.8) is 0 Å². The molecular weight excluding hydrogens is 200 g/mol. The molecule has 3 heteroatoms. The fourth-order valence-corrected chi connectivity index (χ4v) is 2.73. The van der Waals surface area contributed by atoms with E-state index in [-0.39, 0.29) is 0 Å². The highest BCUT2D eigenvalue weighted by Gasteiger charge is 2.17. The number of likely N-dealkylation sites (tertiary alicyclic amines) is 1. The molecule has 2 atom stereocenters. The maximum absolute atomic E-state index is 5.62. The quantitative estimate of drug-likeness (QED) is 0.771. The number of nitrogens with one attached hydrogen (secondary N) is 1. The zero-order valence-corrected chi connectivity index (χ0v) is 10.6. The van der Waals surface area contributed by atoms with Crippen LogP contribution in [0.4, 0.5) is 0 Å². The lowest BCUT2D eigenvalue weighted by Crippen LogP contribution is -2.43. The Balaban J connectivity index is 1.57. The molecule has 2 aliphatic heterocycles. The van der Waals surface area contributed by atoms with Gasteiger partial charge in [-0.15, -0.1) is 0 Å². The van der Waals surface area contributed by atoms with Crippen LogP contribution in [0.15, 0.2) is 0 Å². The summed E-state index contributed by atoms with van der Waals surface area (Å²) in [5.74, 6) is 0. The van der Waals surface area contributed by atoms with E-state index in [9.17, 15) is 0 Å². The first-order valence-electron chi connectivity index (χ1n) is 6.92. The van der Waals surface area contributed by atoms with Crippen LogP contribution < -0.4 is 5.32 Å². The standard InChI is InChI=1S/C13H26N2O/c1-12(11-15-7-3-2-4-8-15)14-10-13-6-5-9-16-13/h12-14H,2-11H2,1H3/t12?,13-/m1/s1. The van der Waals surface area contributed by atoms with Gasteiger partial charge in [0.25, 0.3) is 0 Å². The van der Waals surface area contributed by atoms with Crippen LogP contribution in [-0.4, -0.2) is 49.8 Å². The molecule has 2 saturated heterocycles. The van der Waals surface area contributed by atoms with Crippen LogP contribution in [0.2, 0.25) is 0 Å². The summed E-state index contributed by atoms with van der Waals surface area (Å²) in [5.41, 5.74) is 0. The second kappa shape index (κ2) is 6.58. The molecular formula is C13H26N2O. The summed E-state index contributed by atoms with van der Waals surface area (Å²) in [6.07, 6.45) is 7.16. The van der Waals surface area contributed by atoms with Crippen molar-refractivity contribution in [1.29, 1.82) is 0 Å². The normalized spacial score (nSPS) is 29.4. The minimum Gasteiger partial charge on any atom is -0.377 e. The number of nitrogens with zero attached hydrogens (tertiary/aromatic N) is 1. The summed E-state index contributed by atoms with van der Waals surface area (Å²) in [7, 11) is 0. The van der Waals surface area contributed by atoms with Crippen molar-refractivity contribution in [3.05, 3.63) is 0 Å². The topological polar surface area (TPSA) is 24.5 Å². The minimum atomic E-state index is 0.476. The first-order valence-corrected chi connectivity index (χ1v) is 6.92. The van der Waals surface area contributed by atoms with Gasteiger partial charge in [-0.25, -0.2) is 0 Å². The van der Waals surface area contributed by atoms with E-state index in [1.54, 1.807) is 0 Å². The first-order chi connectivity index (χ1) is 7.84. The Bertz CT molecular complexity index is 186. The molecule has 0 spiro atoms. The highest BCUT2D eigenvalue weighted by Crippen LogP contribution is 2.11. The van der Waals surface area contributed by atoms with E-state index in [1.165, 1.54) is 51.7 Å². The van der Waals surface area contributed by atoms with Gasteiger partial charge in [-0.3, -0.25) is 0 Å². The lowest BCUT2D eigenvalue weighted by molar-refractivity contribution is 0.105. The average Bonchev–Trinajstić information content (AvgIpc) is 2.81. The molecule has 2 rings (SSSR count). The predicted octanol–water partition coefficient (Wildman–Crippen LogP) is 1.63. The van der Waals surface area contributed by atoms with E-state index < -0.39 is 0 Å². The number of ether oxygens (including phenoxy) is 1. The van der Waals surface area contributed by atoms with Gasteiger partial charge in [-0.05, 0) is 45.7 Å². The molecule has 0 saturated carbocycles. The molecule has 3 nitrogen and oxygen atoms in total. The lowest BCUT2D eigenvalue weighted by atomic mass is 10.1. The number of piperidine rings is 1. The zero-order chi connectivity index (χ0) is 11.2. The van der Waals surface area contributed by atoms with Crippen molar-refractivity contribution in [2.45, 2.75) is 51.2 Å². The minimum absolute atomic E-state index is 0.476. The SMILES string of the molecule is CC(CN1CCCCC1)NC[C@H]1CCCO1. The van der Waals surface area contributed by atoms with Crippen LogP contribution >= 0.6 is 0 Å². The molecule has 0 aliphatic carbocycles. The highest BCUT2D eigenvalue weighted by atomic mass is 16.5. The number of rotatable bonds is 5. The third-order valence-corrected chi connectivity index (χ3v) is 3.70. The summed E-state index contributed by atoms with van der Waals surface area (Å²) < 4.78 is 5.62. The van der Waals surface area contributed by atoms with Crippen LogP contribution in [-0.2, 0) is 4.74 Å². The summed E-state index contributed by atoms with van der Waals surface area (Å²) in [5, 5.41) is 3.61. The fourth-order valence-electron chi connectivity index (χ4n) is 2.73. The van der Waals surface area contributed by atoms with Crippen LogP contribution in [0, 0.1) is 0 Å². The molecule has 0 amide bonds. The Morgan fingerprint density at radius 3 is 2.75 bits per heavy atom. The molecule has 2 aliphatic rings. The van der Waals surface area contributed by atoms with Crippen LogP contribution in [0.5, 0.6) is 0 Å². The summed E-state index contributed by atoms with van der Waals surface area (Å²) in [6.45, 7) is 8.09. The van der Waals surface area contributed by atoms with Gasteiger partial charge >= 0.3 is 0 Å². The maximum Gasteiger partial charge on any atom is 0.0700 e. The highest BCUT2D eigenvalue weighted by molar-refractivity contribution is 4.74. The molecule has 2 fully saturated rings. The van der Waals surface area contributed by atoms with E-state index in [0.29, 0.717) is 12.1 Å². The summed E-state index contributed by atoms with van der Waals surface area (Å²) >= 11 is 0.